The van der Waals surface area contributed by atoms with E-state index in [4.69, 9.17) is 0 Å². The van der Waals surface area contributed by atoms with Crippen LogP contribution in [0.4, 0.5) is 10.1 Å². The third kappa shape index (κ3) is 5.11. The van der Waals surface area contributed by atoms with Crippen molar-refractivity contribution in [3.8, 4) is 0 Å². The lowest BCUT2D eigenvalue weighted by Crippen LogP contribution is -2.49. The van der Waals surface area contributed by atoms with Crippen LogP contribution in [0.2, 0.25) is 0 Å². The van der Waals surface area contributed by atoms with Gasteiger partial charge in [0, 0.05) is 70.2 Å². The van der Waals surface area contributed by atoms with Crippen LogP contribution in [0.25, 0.3) is 0 Å². The van der Waals surface area contributed by atoms with Crippen LogP contribution >= 0.6 is 0 Å². The molecule has 1 amide bonds. The Bertz CT molecular complexity index is 1120. The van der Waals surface area contributed by atoms with Crippen molar-refractivity contribution in [3.05, 3.63) is 59.9 Å². The van der Waals surface area contributed by atoms with E-state index in [-0.39, 0.29) is 16.6 Å². The van der Waals surface area contributed by atoms with Gasteiger partial charge in [0.1, 0.15) is 5.82 Å². The van der Waals surface area contributed by atoms with Crippen molar-refractivity contribution in [2.24, 2.45) is 5.92 Å². The standard InChI is InChI=1S/C25H31FN4O3S/c26-22-6-8-23(9-7-22)28-14-16-30(17-15-28)34(32,33)24-3-1-2-21(18-24)25(31)29-12-10-27(11-13-29)19-20-4-5-20/h1-3,6-9,18,20H,4-5,10-17,19H2. The van der Waals surface area contributed by atoms with Gasteiger partial charge in [0.05, 0.1) is 4.90 Å². The first kappa shape index (κ1) is 23.3. The molecule has 0 unspecified atom stereocenters. The van der Waals surface area contributed by atoms with E-state index in [1.165, 1.54) is 35.3 Å². The molecule has 2 aromatic carbocycles. The number of hydrogen-bond acceptors (Lipinski definition) is 5. The minimum atomic E-state index is -3.71. The maximum absolute atomic E-state index is 13.3. The van der Waals surface area contributed by atoms with Crippen LogP contribution in [0, 0.1) is 11.7 Å². The molecule has 1 saturated carbocycles. The van der Waals surface area contributed by atoms with E-state index in [9.17, 15) is 17.6 Å². The van der Waals surface area contributed by atoms with Gasteiger partial charge in [-0.3, -0.25) is 9.69 Å². The van der Waals surface area contributed by atoms with Gasteiger partial charge in [-0.1, -0.05) is 6.07 Å². The number of rotatable bonds is 6. The fourth-order valence-corrected chi connectivity index (χ4v) is 6.23. The van der Waals surface area contributed by atoms with Gasteiger partial charge in [-0.05, 0) is 61.2 Å². The predicted molar refractivity (Wildman–Crippen MR) is 129 cm³/mol. The second-order valence-electron chi connectivity index (χ2n) is 9.43. The Hall–Kier alpha value is -2.49. The maximum atomic E-state index is 13.3. The zero-order valence-electron chi connectivity index (χ0n) is 19.3. The highest BCUT2D eigenvalue weighted by Crippen LogP contribution is 2.30. The minimum Gasteiger partial charge on any atom is -0.369 e. The molecule has 2 heterocycles. The molecule has 1 aliphatic carbocycles. The Balaban J connectivity index is 1.21. The maximum Gasteiger partial charge on any atom is 0.253 e. The largest absolute Gasteiger partial charge is 0.369 e. The molecular formula is C25H31FN4O3S. The lowest BCUT2D eigenvalue weighted by Gasteiger charge is -2.35. The summed E-state index contributed by atoms with van der Waals surface area (Å²) in [6.45, 7) is 5.94. The monoisotopic (exact) mass is 486 g/mol. The molecule has 2 aliphatic heterocycles. The third-order valence-corrected chi connectivity index (χ3v) is 8.92. The van der Waals surface area contributed by atoms with Crippen LogP contribution in [-0.4, -0.2) is 87.3 Å². The van der Waals surface area contributed by atoms with Crippen molar-refractivity contribution < 1.29 is 17.6 Å². The van der Waals surface area contributed by atoms with Crippen molar-refractivity contribution in [1.82, 2.24) is 14.1 Å². The lowest BCUT2D eigenvalue weighted by atomic mass is 10.2. The second kappa shape index (κ2) is 9.64. The Morgan fingerprint density at radius 2 is 1.56 bits per heavy atom. The van der Waals surface area contributed by atoms with Gasteiger partial charge in [-0.15, -0.1) is 0 Å². The van der Waals surface area contributed by atoms with Crippen LogP contribution in [0.3, 0.4) is 0 Å². The summed E-state index contributed by atoms with van der Waals surface area (Å²) in [4.78, 5) is 19.5. The molecule has 7 nitrogen and oxygen atoms in total. The summed E-state index contributed by atoms with van der Waals surface area (Å²) in [5.74, 6) is 0.436. The first-order valence-electron chi connectivity index (χ1n) is 12.0. The first-order chi connectivity index (χ1) is 16.4. The normalized spacial score (nSPS) is 20.5. The summed E-state index contributed by atoms with van der Waals surface area (Å²) in [6.07, 6.45) is 2.64. The highest BCUT2D eigenvalue weighted by atomic mass is 32.2. The summed E-state index contributed by atoms with van der Waals surface area (Å²) >= 11 is 0. The van der Waals surface area contributed by atoms with Gasteiger partial charge in [0.2, 0.25) is 10.0 Å². The van der Waals surface area contributed by atoms with Crippen LogP contribution < -0.4 is 4.90 Å². The molecule has 34 heavy (non-hydrogen) atoms. The number of carbonyl (C=O) groups is 1. The average molecular weight is 487 g/mol. The number of benzene rings is 2. The Morgan fingerprint density at radius 1 is 0.882 bits per heavy atom. The van der Waals surface area contributed by atoms with E-state index in [0.717, 1.165) is 31.2 Å². The molecule has 3 fully saturated rings. The Kier molecular flexibility index (Phi) is 6.59. The molecule has 9 heteroatoms. The van der Waals surface area contributed by atoms with E-state index in [0.29, 0.717) is 44.8 Å². The Labute approximate surface area is 200 Å². The van der Waals surface area contributed by atoms with Crippen molar-refractivity contribution >= 4 is 21.6 Å². The fraction of sp³-hybridized carbons (Fsp3) is 0.480. The molecule has 3 aliphatic rings. The van der Waals surface area contributed by atoms with Gasteiger partial charge in [-0.25, -0.2) is 12.8 Å². The number of nitrogens with zero attached hydrogens (tertiary/aromatic N) is 4. The molecule has 0 N–H and O–H groups in total. The molecule has 0 atom stereocenters. The summed E-state index contributed by atoms with van der Waals surface area (Å²) in [5.41, 5.74) is 1.30. The molecule has 0 bridgehead atoms. The van der Waals surface area contributed by atoms with Crippen LogP contribution in [0.15, 0.2) is 53.4 Å². The smallest absolute Gasteiger partial charge is 0.253 e. The SMILES string of the molecule is O=C(c1cccc(S(=O)(=O)N2CCN(c3ccc(F)cc3)CC2)c1)N1CCN(CC2CC2)CC1. The third-order valence-electron chi connectivity index (χ3n) is 7.02. The molecule has 0 spiro atoms. The van der Waals surface area contributed by atoms with E-state index in [1.807, 2.05) is 9.80 Å². The number of sulfonamides is 1. The number of hydrogen-bond donors (Lipinski definition) is 0. The van der Waals surface area contributed by atoms with Gasteiger partial charge in [-0.2, -0.15) is 4.31 Å². The molecule has 182 valence electrons. The highest BCUT2D eigenvalue weighted by Gasteiger charge is 2.31. The van der Waals surface area contributed by atoms with Crippen molar-refractivity contribution in [1.29, 1.82) is 0 Å². The van der Waals surface area contributed by atoms with Gasteiger partial charge < -0.3 is 9.80 Å². The number of halogens is 1. The molecule has 2 aromatic rings. The van der Waals surface area contributed by atoms with Crippen LogP contribution in [0.5, 0.6) is 0 Å². The fourth-order valence-electron chi connectivity index (χ4n) is 4.76. The number of piperazine rings is 2. The first-order valence-corrected chi connectivity index (χ1v) is 13.5. The van der Waals surface area contributed by atoms with Crippen molar-refractivity contribution in [3.63, 3.8) is 0 Å². The highest BCUT2D eigenvalue weighted by molar-refractivity contribution is 7.89. The minimum absolute atomic E-state index is 0.107. The lowest BCUT2D eigenvalue weighted by molar-refractivity contribution is 0.0631. The van der Waals surface area contributed by atoms with E-state index >= 15 is 0 Å². The summed E-state index contributed by atoms with van der Waals surface area (Å²) < 4.78 is 41.3. The summed E-state index contributed by atoms with van der Waals surface area (Å²) in [7, 11) is -3.71. The van der Waals surface area contributed by atoms with Crippen LogP contribution in [-0.2, 0) is 10.0 Å². The van der Waals surface area contributed by atoms with Crippen molar-refractivity contribution in [2.45, 2.75) is 17.7 Å². The summed E-state index contributed by atoms with van der Waals surface area (Å²) in [5, 5.41) is 0. The zero-order chi connectivity index (χ0) is 23.7. The molecular weight excluding hydrogens is 455 g/mol. The van der Waals surface area contributed by atoms with E-state index < -0.39 is 10.0 Å². The number of amides is 1. The quantitative estimate of drug-likeness (QED) is 0.628. The predicted octanol–water partition coefficient (Wildman–Crippen LogP) is 2.50. The van der Waals surface area contributed by atoms with E-state index in [1.54, 1.807) is 30.3 Å². The average Bonchev–Trinajstić information content (AvgIpc) is 3.69. The van der Waals surface area contributed by atoms with Crippen LogP contribution in [0.1, 0.15) is 23.2 Å². The van der Waals surface area contributed by atoms with Gasteiger partial charge in [0.25, 0.3) is 5.91 Å². The van der Waals surface area contributed by atoms with Gasteiger partial charge in [0.15, 0.2) is 0 Å². The molecule has 2 saturated heterocycles. The van der Waals surface area contributed by atoms with Crippen molar-refractivity contribution in [2.75, 3.05) is 63.8 Å². The molecule has 5 rings (SSSR count). The Morgan fingerprint density at radius 3 is 2.21 bits per heavy atom. The number of carbonyl (C=O) groups excluding carboxylic acids is 1. The van der Waals surface area contributed by atoms with Gasteiger partial charge >= 0.3 is 0 Å². The number of anilines is 1. The summed E-state index contributed by atoms with van der Waals surface area (Å²) in [6, 6.07) is 12.7. The zero-order valence-corrected chi connectivity index (χ0v) is 20.1. The topological polar surface area (TPSA) is 64.2 Å². The van der Waals surface area contributed by atoms with E-state index in [2.05, 4.69) is 4.90 Å². The second-order valence-corrected chi connectivity index (χ2v) is 11.4. The molecule has 0 aromatic heterocycles. The molecule has 0 radical (unpaired) electrons.